The van der Waals surface area contributed by atoms with Crippen molar-refractivity contribution >= 4 is 0 Å². The smallest absolute Gasteiger partial charge is 0.0107 e. The minimum atomic E-state index is 0.682. The summed E-state index contributed by atoms with van der Waals surface area (Å²) >= 11 is 0. The lowest BCUT2D eigenvalue weighted by Crippen LogP contribution is -2.41. The lowest BCUT2D eigenvalue weighted by atomic mass is 9.96. The fourth-order valence-electron chi connectivity index (χ4n) is 2.91. The minimum Gasteiger partial charge on any atom is -0.313 e. The van der Waals surface area contributed by atoms with Crippen molar-refractivity contribution in [3.63, 3.8) is 0 Å². The van der Waals surface area contributed by atoms with Crippen molar-refractivity contribution in [1.29, 1.82) is 0 Å². The summed E-state index contributed by atoms with van der Waals surface area (Å²) in [6.45, 7) is 10.8. The Morgan fingerprint density at radius 1 is 1.28 bits per heavy atom. The highest BCUT2D eigenvalue weighted by molar-refractivity contribution is 4.74. The maximum atomic E-state index is 3.62. The van der Waals surface area contributed by atoms with Crippen molar-refractivity contribution in [2.45, 2.75) is 45.6 Å². The summed E-state index contributed by atoms with van der Waals surface area (Å²) in [6, 6.07) is 0.682. The van der Waals surface area contributed by atoms with E-state index in [0.717, 1.165) is 12.5 Å². The van der Waals surface area contributed by atoms with Crippen molar-refractivity contribution in [3.8, 4) is 0 Å². The number of likely N-dealkylation sites (tertiary alicyclic amines) is 1. The molecule has 1 N–H and O–H groups in total. The number of rotatable bonds is 8. The van der Waals surface area contributed by atoms with Gasteiger partial charge in [-0.05, 0) is 59.3 Å². The van der Waals surface area contributed by atoms with Gasteiger partial charge < -0.3 is 15.1 Å². The fraction of sp³-hybridized carbons (Fsp3) is 1.00. The first-order valence-corrected chi connectivity index (χ1v) is 7.72. The van der Waals surface area contributed by atoms with Crippen molar-refractivity contribution in [2.75, 3.05) is 46.8 Å². The van der Waals surface area contributed by atoms with Crippen LogP contribution in [0.1, 0.15) is 39.5 Å². The van der Waals surface area contributed by atoms with Gasteiger partial charge in [-0.15, -0.1) is 0 Å². The molecule has 3 nitrogen and oxygen atoms in total. The van der Waals surface area contributed by atoms with Crippen LogP contribution in [0, 0.1) is 5.92 Å². The number of hydrogen-bond acceptors (Lipinski definition) is 3. The molecule has 1 aliphatic heterocycles. The molecule has 1 rings (SSSR count). The first kappa shape index (κ1) is 15.9. The van der Waals surface area contributed by atoms with Gasteiger partial charge in [-0.3, -0.25) is 0 Å². The van der Waals surface area contributed by atoms with Gasteiger partial charge >= 0.3 is 0 Å². The van der Waals surface area contributed by atoms with E-state index >= 15 is 0 Å². The summed E-state index contributed by atoms with van der Waals surface area (Å²) in [6.07, 6.45) is 5.33. The molecule has 0 aromatic carbocycles. The van der Waals surface area contributed by atoms with Gasteiger partial charge in [0.25, 0.3) is 0 Å². The molecule has 1 saturated heterocycles. The summed E-state index contributed by atoms with van der Waals surface area (Å²) in [5.41, 5.74) is 0. The predicted octanol–water partition coefficient (Wildman–Crippen LogP) is 2.04. The van der Waals surface area contributed by atoms with Crippen LogP contribution in [0.15, 0.2) is 0 Å². The van der Waals surface area contributed by atoms with Crippen LogP contribution in [0.4, 0.5) is 0 Å². The SMILES string of the molecule is CCCC(C)NCCN1CCC(CN(C)C)CC1. The van der Waals surface area contributed by atoms with E-state index in [4.69, 9.17) is 0 Å². The second-order valence-corrected chi connectivity index (χ2v) is 6.19. The molecule has 1 heterocycles. The van der Waals surface area contributed by atoms with Crippen LogP contribution >= 0.6 is 0 Å². The van der Waals surface area contributed by atoms with Gasteiger partial charge in [-0.25, -0.2) is 0 Å². The van der Waals surface area contributed by atoms with E-state index in [1.807, 2.05) is 0 Å². The molecule has 1 aliphatic rings. The highest BCUT2D eigenvalue weighted by atomic mass is 15.1. The van der Waals surface area contributed by atoms with Crippen LogP contribution in [-0.2, 0) is 0 Å². The lowest BCUT2D eigenvalue weighted by Gasteiger charge is -2.33. The first-order valence-electron chi connectivity index (χ1n) is 7.72. The van der Waals surface area contributed by atoms with Gasteiger partial charge in [0.15, 0.2) is 0 Å². The Labute approximate surface area is 114 Å². The number of nitrogens with one attached hydrogen (secondary N) is 1. The van der Waals surface area contributed by atoms with Crippen LogP contribution in [0.3, 0.4) is 0 Å². The van der Waals surface area contributed by atoms with Crippen molar-refractivity contribution < 1.29 is 0 Å². The van der Waals surface area contributed by atoms with E-state index < -0.39 is 0 Å². The molecule has 0 amide bonds. The Balaban J connectivity index is 2.05. The predicted molar refractivity (Wildman–Crippen MR) is 80.1 cm³/mol. The molecule has 0 aromatic rings. The van der Waals surface area contributed by atoms with Gasteiger partial charge in [0, 0.05) is 25.7 Å². The Morgan fingerprint density at radius 3 is 2.50 bits per heavy atom. The second kappa shape index (κ2) is 8.89. The lowest BCUT2D eigenvalue weighted by molar-refractivity contribution is 0.162. The number of piperidine rings is 1. The topological polar surface area (TPSA) is 18.5 Å². The number of nitrogens with zero attached hydrogens (tertiary/aromatic N) is 2. The van der Waals surface area contributed by atoms with E-state index in [1.165, 1.54) is 51.9 Å². The minimum absolute atomic E-state index is 0.682. The maximum Gasteiger partial charge on any atom is 0.0107 e. The average molecular weight is 255 g/mol. The standard InChI is InChI=1S/C15H33N3/c1-5-6-14(2)16-9-12-18-10-7-15(8-11-18)13-17(3)4/h14-16H,5-13H2,1-4H3. The molecule has 0 saturated carbocycles. The van der Waals surface area contributed by atoms with E-state index in [9.17, 15) is 0 Å². The van der Waals surface area contributed by atoms with Gasteiger partial charge in [0.05, 0.1) is 0 Å². The van der Waals surface area contributed by atoms with Gasteiger partial charge in [0.2, 0.25) is 0 Å². The van der Waals surface area contributed by atoms with Crippen LogP contribution in [0.5, 0.6) is 0 Å². The Hall–Kier alpha value is -0.120. The molecule has 0 aliphatic carbocycles. The zero-order valence-electron chi connectivity index (χ0n) is 12.9. The highest BCUT2D eigenvalue weighted by Gasteiger charge is 2.19. The molecule has 0 bridgehead atoms. The first-order chi connectivity index (χ1) is 8.61. The highest BCUT2D eigenvalue weighted by Crippen LogP contribution is 2.17. The molecule has 1 unspecified atom stereocenters. The van der Waals surface area contributed by atoms with Crippen molar-refractivity contribution in [3.05, 3.63) is 0 Å². The molecular weight excluding hydrogens is 222 g/mol. The molecule has 1 atom stereocenters. The summed E-state index contributed by atoms with van der Waals surface area (Å²) in [5.74, 6) is 0.920. The van der Waals surface area contributed by atoms with Crippen molar-refractivity contribution in [1.82, 2.24) is 15.1 Å². The Morgan fingerprint density at radius 2 is 1.94 bits per heavy atom. The molecule has 0 radical (unpaired) electrons. The van der Waals surface area contributed by atoms with Crippen LogP contribution in [0.25, 0.3) is 0 Å². The zero-order valence-corrected chi connectivity index (χ0v) is 12.9. The third kappa shape index (κ3) is 6.72. The van der Waals surface area contributed by atoms with Gasteiger partial charge in [-0.1, -0.05) is 13.3 Å². The van der Waals surface area contributed by atoms with Crippen LogP contribution in [-0.4, -0.2) is 62.7 Å². The monoisotopic (exact) mass is 255 g/mol. The molecule has 18 heavy (non-hydrogen) atoms. The normalized spacial score (nSPS) is 20.5. The molecular formula is C15H33N3. The van der Waals surface area contributed by atoms with Crippen LogP contribution < -0.4 is 5.32 Å². The largest absolute Gasteiger partial charge is 0.313 e. The molecule has 0 spiro atoms. The Bertz CT molecular complexity index is 198. The fourth-order valence-corrected chi connectivity index (χ4v) is 2.91. The Kier molecular flexibility index (Phi) is 7.87. The summed E-state index contributed by atoms with van der Waals surface area (Å²) < 4.78 is 0. The van der Waals surface area contributed by atoms with Gasteiger partial charge in [0.1, 0.15) is 0 Å². The van der Waals surface area contributed by atoms with E-state index in [2.05, 4.69) is 43.1 Å². The third-order valence-electron chi connectivity index (χ3n) is 3.97. The molecule has 0 aromatic heterocycles. The van der Waals surface area contributed by atoms with E-state index in [-0.39, 0.29) is 0 Å². The average Bonchev–Trinajstić information content (AvgIpc) is 2.31. The molecule has 108 valence electrons. The summed E-state index contributed by atoms with van der Waals surface area (Å²) in [7, 11) is 4.37. The molecule has 1 fully saturated rings. The maximum absolute atomic E-state index is 3.62. The summed E-state index contributed by atoms with van der Waals surface area (Å²) in [5, 5.41) is 3.62. The van der Waals surface area contributed by atoms with Crippen LogP contribution in [0.2, 0.25) is 0 Å². The quantitative estimate of drug-likeness (QED) is 0.716. The van der Waals surface area contributed by atoms with E-state index in [0.29, 0.717) is 6.04 Å². The van der Waals surface area contributed by atoms with Gasteiger partial charge in [-0.2, -0.15) is 0 Å². The van der Waals surface area contributed by atoms with E-state index in [1.54, 1.807) is 0 Å². The summed E-state index contributed by atoms with van der Waals surface area (Å²) in [4.78, 5) is 4.95. The second-order valence-electron chi connectivity index (χ2n) is 6.19. The zero-order chi connectivity index (χ0) is 13.4. The van der Waals surface area contributed by atoms with Crippen molar-refractivity contribution in [2.24, 2.45) is 5.92 Å². The third-order valence-corrected chi connectivity index (χ3v) is 3.97. The number of hydrogen-bond donors (Lipinski definition) is 1. The molecule has 3 heteroatoms.